The Hall–Kier alpha value is -6.34. The van der Waals surface area contributed by atoms with Crippen LogP contribution in [0.4, 0.5) is 35.0 Å². The third kappa shape index (κ3) is 7.99. The highest BCUT2D eigenvalue weighted by molar-refractivity contribution is 6.24. The molecule has 0 saturated carbocycles. The Bertz CT molecular complexity index is 3020. The van der Waals surface area contributed by atoms with E-state index < -0.39 is 108 Å². The van der Waals surface area contributed by atoms with Crippen molar-refractivity contribution in [3.63, 3.8) is 0 Å². The van der Waals surface area contributed by atoms with Crippen LogP contribution in [0, 0.1) is 36.1 Å². The van der Waals surface area contributed by atoms with Crippen LogP contribution < -0.4 is 15.5 Å². The number of likely N-dealkylation sites (tertiary alicyclic amines) is 1. The zero-order valence-corrected chi connectivity index (χ0v) is 34.1. The average Bonchev–Trinajstić information content (AvgIpc) is 3.76. The Morgan fingerprint density at radius 1 is 0.873 bits per heavy atom. The number of piperazine rings is 1. The molecule has 2 N–H and O–H groups in total. The largest absolute Gasteiger partial charge is 0.364 e. The second-order valence-electron chi connectivity index (χ2n) is 16.0. The maximum absolute atomic E-state index is 16.6. The van der Waals surface area contributed by atoms with Gasteiger partial charge in [0.1, 0.15) is 40.4 Å². The SMILES string of the molecule is [2H]C1([2H])N(CC2CCN(Cc3ccc(Nc4ncc(F)c(-c5cc(F)c6nc(C)n(C(C)C)c6c5)n4)nc3)CC2)C([2H])([2H])C([2H])([2H])N(c2c(F)cc3c(c2F)C(=O)N(C2CCC(=O)NC2=O)C3=O)C1([2H])[2H]. The third-order valence-electron chi connectivity index (χ3n) is 11.5. The number of piperidine rings is 2. The number of aromatic nitrogens is 5. The van der Waals surface area contributed by atoms with Crippen molar-refractivity contribution in [3.8, 4) is 11.3 Å². The monoisotopic (exact) mass is 875 g/mol. The number of hydrogen-bond acceptors (Lipinski definition) is 12. The maximum atomic E-state index is 16.6. The fourth-order valence-electron chi connectivity index (χ4n) is 8.46. The topological polar surface area (TPSA) is 162 Å². The molecule has 0 bridgehead atoms. The summed E-state index contributed by atoms with van der Waals surface area (Å²) in [5, 5.41) is 4.90. The number of nitrogens with one attached hydrogen (secondary N) is 2. The highest BCUT2D eigenvalue weighted by Gasteiger charge is 2.47. The zero-order valence-electron chi connectivity index (χ0n) is 42.1. The fourth-order valence-corrected chi connectivity index (χ4v) is 8.46. The minimum Gasteiger partial charge on any atom is -0.364 e. The molecule has 9 rings (SSSR count). The number of aryl methyl sites for hydroxylation is 1. The van der Waals surface area contributed by atoms with Gasteiger partial charge in [0.05, 0.1) is 28.3 Å². The summed E-state index contributed by atoms with van der Waals surface area (Å²) in [5.74, 6) is -9.27. The fraction of sp³-hybridized carbons (Fsp3) is 0.409. The van der Waals surface area contributed by atoms with Gasteiger partial charge in [0.15, 0.2) is 17.5 Å². The van der Waals surface area contributed by atoms with Crippen LogP contribution in [0.2, 0.25) is 0 Å². The highest BCUT2D eigenvalue weighted by atomic mass is 19.1. The van der Waals surface area contributed by atoms with Gasteiger partial charge in [-0.25, -0.2) is 37.5 Å². The number of rotatable bonds is 10. The van der Waals surface area contributed by atoms with Crippen molar-refractivity contribution in [3.05, 3.63) is 88.5 Å². The molecule has 0 aliphatic carbocycles. The van der Waals surface area contributed by atoms with E-state index in [-0.39, 0.29) is 46.5 Å². The predicted octanol–water partition coefficient (Wildman–Crippen LogP) is 5.51. The first-order chi connectivity index (χ1) is 33.3. The van der Waals surface area contributed by atoms with Gasteiger partial charge >= 0.3 is 0 Å². The van der Waals surface area contributed by atoms with Gasteiger partial charge in [-0.1, -0.05) is 6.07 Å². The van der Waals surface area contributed by atoms with Gasteiger partial charge in [0.25, 0.3) is 11.8 Å². The number of halogens is 4. The average molecular weight is 876 g/mol. The Morgan fingerprint density at radius 2 is 1.63 bits per heavy atom. The van der Waals surface area contributed by atoms with E-state index in [4.69, 9.17) is 11.0 Å². The molecule has 3 saturated heterocycles. The number of nitrogens with zero attached hydrogens (tertiary/aromatic N) is 9. The number of amides is 4. The summed E-state index contributed by atoms with van der Waals surface area (Å²) in [6, 6.07) is 4.94. The van der Waals surface area contributed by atoms with Crippen molar-refractivity contribution in [2.24, 2.45) is 5.92 Å². The third-order valence-corrected chi connectivity index (χ3v) is 11.5. The lowest BCUT2D eigenvalue weighted by atomic mass is 9.95. The first-order valence-electron chi connectivity index (χ1n) is 24.2. The summed E-state index contributed by atoms with van der Waals surface area (Å²) in [6.07, 6.45) is 2.61. The minimum absolute atomic E-state index is 0.00548. The number of imidazole rings is 1. The molecule has 7 heterocycles. The van der Waals surface area contributed by atoms with Gasteiger partial charge in [-0.3, -0.25) is 39.2 Å². The lowest BCUT2D eigenvalue weighted by Gasteiger charge is -2.39. The van der Waals surface area contributed by atoms with Crippen LogP contribution in [0.15, 0.2) is 42.7 Å². The molecule has 5 aromatic rings. The number of fused-ring (bicyclic) bond motifs is 2. The highest BCUT2D eigenvalue weighted by Crippen LogP contribution is 2.37. The van der Waals surface area contributed by atoms with Crippen molar-refractivity contribution in [2.45, 2.75) is 65.1 Å². The molecule has 4 aliphatic rings. The van der Waals surface area contributed by atoms with Crippen molar-refractivity contribution >= 4 is 52.1 Å². The van der Waals surface area contributed by atoms with Crippen molar-refractivity contribution in [2.75, 3.05) is 55.8 Å². The second-order valence-corrected chi connectivity index (χ2v) is 16.0. The van der Waals surface area contributed by atoms with Crippen LogP contribution in [0.3, 0.4) is 0 Å². The summed E-state index contributed by atoms with van der Waals surface area (Å²) in [4.78, 5) is 70.6. The Kier molecular flexibility index (Phi) is 8.84. The molecule has 328 valence electrons. The van der Waals surface area contributed by atoms with E-state index in [0.717, 1.165) is 11.8 Å². The Morgan fingerprint density at radius 3 is 2.33 bits per heavy atom. The van der Waals surface area contributed by atoms with Crippen LogP contribution in [-0.2, 0) is 16.1 Å². The number of pyridine rings is 1. The number of benzene rings is 2. The maximum Gasteiger partial charge on any atom is 0.265 e. The van der Waals surface area contributed by atoms with Crippen molar-refractivity contribution < 1.29 is 47.7 Å². The normalized spacial score (nSPS) is 24.2. The van der Waals surface area contributed by atoms with Gasteiger partial charge in [-0.05, 0) is 88.9 Å². The number of carbonyl (C=O) groups excluding carboxylic acids is 4. The van der Waals surface area contributed by atoms with E-state index in [2.05, 4.69) is 25.3 Å². The molecule has 3 aromatic heterocycles. The van der Waals surface area contributed by atoms with E-state index in [1.165, 1.54) is 6.07 Å². The molecule has 63 heavy (non-hydrogen) atoms. The summed E-state index contributed by atoms with van der Waals surface area (Å²) in [7, 11) is 0. The molecule has 19 heteroatoms. The Balaban J connectivity index is 0.862. The molecule has 4 aliphatic heterocycles. The van der Waals surface area contributed by atoms with E-state index in [1.54, 1.807) is 31.3 Å². The van der Waals surface area contributed by atoms with Gasteiger partial charge < -0.3 is 14.8 Å². The first-order valence-corrected chi connectivity index (χ1v) is 20.2. The van der Waals surface area contributed by atoms with Crippen LogP contribution in [-0.4, -0.2) is 114 Å². The van der Waals surface area contributed by atoms with Crippen LogP contribution in [0.25, 0.3) is 22.3 Å². The standard InChI is InChI=1S/C44H45F4N11O4/c1-23(2)58-24(3)51-39-29(45)16-27(17-33(39)58)38-31(47)20-50-44(54-38)52-34-6-4-26(19-49-34)22-55-10-8-25(9-11-55)21-56-12-14-57(15-13-56)40-30(46)18-28-36(37(40)48)43(63)59(42(28)62)32-5-7-35(60)53-41(32)61/h4,6,16-20,23,25,32H,5,7-15,21-22H2,1-3H3,(H,53,60,61)(H,49,50,52,54)/i12D2,13D2,14D2,15D2. The lowest BCUT2D eigenvalue weighted by molar-refractivity contribution is -0.136. The second kappa shape index (κ2) is 16.7. The zero-order chi connectivity index (χ0) is 51.4. The van der Waals surface area contributed by atoms with Gasteiger partial charge in [0.2, 0.25) is 17.8 Å². The smallest absolute Gasteiger partial charge is 0.265 e. The van der Waals surface area contributed by atoms with Gasteiger partial charge in [-0.15, -0.1) is 0 Å². The quantitative estimate of drug-likeness (QED) is 0.134. The van der Waals surface area contributed by atoms with E-state index >= 15 is 17.6 Å². The summed E-state index contributed by atoms with van der Waals surface area (Å²) in [6.45, 7) is -8.12. The molecule has 2 aromatic carbocycles. The molecule has 15 nitrogen and oxygen atoms in total. The van der Waals surface area contributed by atoms with Crippen LogP contribution >= 0.6 is 0 Å². The van der Waals surface area contributed by atoms with Gasteiger partial charge in [0, 0.05) is 68.8 Å². The molecule has 3 fully saturated rings. The molecule has 1 atom stereocenters. The summed E-state index contributed by atoms with van der Waals surface area (Å²) in [5.41, 5.74) is -2.20. The molecule has 1 unspecified atom stereocenters. The number of carbonyl (C=O) groups is 4. The minimum atomic E-state index is -3.74. The van der Waals surface area contributed by atoms with E-state index in [9.17, 15) is 19.2 Å². The Labute approximate surface area is 370 Å². The number of hydrogen-bond donors (Lipinski definition) is 2. The number of imide groups is 2. The predicted molar refractivity (Wildman–Crippen MR) is 223 cm³/mol. The van der Waals surface area contributed by atoms with E-state index in [0.29, 0.717) is 65.5 Å². The number of anilines is 3. The van der Waals surface area contributed by atoms with Crippen LogP contribution in [0.5, 0.6) is 0 Å². The van der Waals surface area contributed by atoms with Gasteiger partial charge in [-0.2, -0.15) is 0 Å². The van der Waals surface area contributed by atoms with E-state index in [1.807, 2.05) is 28.6 Å². The van der Waals surface area contributed by atoms with Crippen LogP contribution in [0.1, 0.15) is 88.6 Å². The summed E-state index contributed by atoms with van der Waals surface area (Å²) < 4.78 is 136. The van der Waals surface area contributed by atoms with Crippen molar-refractivity contribution in [1.82, 2.24) is 44.5 Å². The molecular formula is C44H45F4N11O4. The molecule has 0 radical (unpaired) electrons. The molecular weight excluding hydrogens is 823 g/mol. The lowest BCUT2D eigenvalue weighted by Crippen LogP contribution is -2.54. The molecule has 0 spiro atoms. The summed E-state index contributed by atoms with van der Waals surface area (Å²) >= 11 is 0. The van der Waals surface area contributed by atoms with Crippen molar-refractivity contribution in [1.29, 1.82) is 0 Å². The first kappa shape index (κ1) is 33.2. The molecule has 4 amide bonds.